The predicted octanol–water partition coefficient (Wildman–Crippen LogP) is 2.74. The minimum atomic E-state index is -0.384. The van der Waals surface area contributed by atoms with Gasteiger partial charge < -0.3 is 14.5 Å². The molecule has 0 saturated carbocycles. The quantitative estimate of drug-likeness (QED) is 0.567. The lowest BCUT2D eigenvalue weighted by atomic mass is 10.1. The number of aryl methyl sites for hydroxylation is 1. The Morgan fingerprint density at radius 3 is 2.88 bits per heavy atom. The molecule has 2 aromatic carbocycles. The number of aromatic nitrogens is 2. The number of fused-ring (bicyclic) bond motifs is 2. The molecule has 26 heavy (non-hydrogen) atoms. The van der Waals surface area contributed by atoms with Crippen molar-refractivity contribution in [3.8, 4) is 5.75 Å². The summed E-state index contributed by atoms with van der Waals surface area (Å²) >= 11 is 0. The standard InChI is InChI=1S/C20H18N2O4/c23-19(15-12-14-6-1-4-9-18(14)26-13-15)25-11-5-10-22-17-8-3-2-7-16(17)21-20(22)24/h1-4,6-9,12H,5,10-11,13H2,(H,21,24). The first-order valence-corrected chi connectivity index (χ1v) is 8.49. The first-order valence-electron chi connectivity index (χ1n) is 8.49. The van der Waals surface area contributed by atoms with E-state index in [0.717, 1.165) is 22.3 Å². The third kappa shape index (κ3) is 3.13. The number of H-pyrrole nitrogens is 1. The van der Waals surface area contributed by atoms with Crippen LogP contribution in [0.5, 0.6) is 5.75 Å². The van der Waals surface area contributed by atoms with E-state index >= 15 is 0 Å². The molecule has 1 N–H and O–H groups in total. The molecule has 0 spiro atoms. The first-order chi connectivity index (χ1) is 12.7. The van der Waals surface area contributed by atoms with Gasteiger partial charge in [0.2, 0.25) is 0 Å². The van der Waals surface area contributed by atoms with Crippen LogP contribution in [0.1, 0.15) is 12.0 Å². The minimum absolute atomic E-state index is 0.155. The van der Waals surface area contributed by atoms with Crippen molar-refractivity contribution in [3.63, 3.8) is 0 Å². The van der Waals surface area contributed by atoms with Gasteiger partial charge in [0.1, 0.15) is 12.4 Å². The number of esters is 1. The number of hydrogen-bond acceptors (Lipinski definition) is 4. The zero-order valence-corrected chi connectivity index (χ0v) is 14.1. The third-order valence-corrected chi connectivity index (χ3v) is 4.33. The fourth-order valence-electron chi connectivity index (χ4n) is 3.04. The lowest BCUT2D eigenvalue weighted by Gasteiger charge is -2.17. The summed E-state index contributed by atoms with van der Waals surface area (Å²) in [6, 6.07) is 15.1. The van der Waals surface area contributed by atoms with Gasteiger partial charge in [0.25, 0.3) is 0 Å². The van der Waals surface area contributed by atoms with Gasteiger partial charge in [-0.1, -0.05) is 30.3 Å². The highest BCUT2D eigenvalue weighted by Crippen LogP contribution is 2.26. The Kier molecular flexibility index (Phi) is 4.31. The molecule has 0 radical (unpaired) electrons. The van der Waals surface area contributed by atoms with Gasteiger partial charge in [-0.25, -0.2) is 9.59 Å². The molecule has 1 aliphatic heterocycles. The lowest BCUT2D eigenvalue weighted by molar-refractivity contribution is -0.139. The molecule has 6 heteroatoms. The summed E-state index contributed by atoms with van der Waals surface area (Å²) in [5.74, 6) is 0.383. The van der Waals surface area contributed by atoms with Crippen molar-refractivity contribution < 1.29 is 14.3 Å². The van der Waals surface area contributed by atoms with Crippen LogP contribution in [0.4, 0.5) is 0 Å². The molecule has 1 aliphatic rings. The van der Waals surface area contributed by atoms with Crippen molar-refractivity contribution in [2.75, 3.05) is 13.2 Å². The summed E-state index contributed by atoms with van der Waals surface area (Å²) in [7, 11) is 0. The Morgan fingerprint density at radius 2 is 1.96 bits per heavy atom. The molecule has 2 heterocycles. The number of nitrogens with one attached hydrogen (secondary N) is 1. The van der Waals surface area contributed by atoms with Gasteiger partial charge in [-0.2, -0.15) is 0 Å². The highest BCUT2D eigenvalue weighted by Gasteiger charge is 2.18. The van der Waals surface area contributed by atoms with E-state index in [1.807, 2.05) is 48.5 Å². The van der Waals surface area contributed by atoms with E-state index in [9.17, 15) is 9.59 Å². The highest BCUT2D eigenvalue weighted by molar-refractivity contribution is 5.95. The van der Waals surface area contributed by atoms with Crippen LogP contribution in [0.2, 0.25) is 0 Å². The van der Waals surface area contributed by atoms with Gasteiger partial charge in [0.15, 0.2) is 0 Å². The van der Waals surface area contributed by atoms with Crippen LogP contribution in [0.15, 0.2) is 58.9 Å². The van der Waals surface area contributed by atoms with Crippen LogP contribution in [-0.2, 0) is 16.1 Å². The normalized spacial score (nSPS) is 13.0. The number of hydrogen-bond donors (Lipinski definition) is 1. The van der Waals surface area contributed by atoms with Gasteiger partial charge in [-0.05, 0) is 30.7 Å². The fraction of sp³-hybridized carbons (Fsp3) is 0.200. The average molecular weight is 350 g/mol. The molecule has 0 amide bonds. The number of benzene rings is 2. The summed E-state index contributed by atoms with van der Waals surface area (Å²) in [5.41, 5.74) is 2.86. The summed E-state index contributed by atoms with van der Waals surface area (Å²) in [6.45, 7) is 0.927. The van der Waals surface area contributed by atoms with Crippen molar-refractivity contribution in [1.29, 1.82) is 0 Å². The van der Waals surface area contributed by atoms with Gasteiger partial charge in [-0.3, -0.25) is 4.57 Å². The van der Waals surface area contributed by atoms with E-state index in [4.69, 9.17) is 9.47 Å². The van der Waals surface area contributed by atoms with Crippen LogP contribution in [-0.4, -0.2) is 28.7 Å². The van der Waals surface area contributed by atoms with E-state index in [1.54, 1.807) is 10.6 Å². The molecule has 4 rings (SSSR count). The Morgan fingerprint density at radius 1 is 1.15 bits per heavy atom. The van der Waals surface area contributed by atoms with Gasteiger partial charge in [-0.15, -0.1) is 0 Å². The van der Waals surface area contributed by atoms with E-state index < -0.39 is 0 Å². The van der Waals surface area contributed by atoms with Crippen molar-refractivity contribution in [3.05, 3.63) is 70.2 Å². The SMILES string of the molecule is O=C(OCCCn1c(=O)[nH]c2ccccc21)C1=Cc2ccccc2OC1. The largest absolute Gasteiger partial charge is 0.488 e. The van der Waals surface area contributed by atoms with Crippen molar-refractivity contribution in [2.24, 2.45) is 0 Å². The first kappa shape index (κ1) is 16.2. The number of imidazole rings is 1. The molecule has 0 fully saturated rings. The number of para-hydroxylation sites is 3. The molecule has 0 aliphatic carbocycles. The second-order valence-electron chi connectivity index (χ2n) is 6.08. The maximum absolute atomic E-state index is 12.2. The third-order valence-electron chi connectivity index (χ3n) is 4.33. The number of rotatable bonds is 5. The topological polar surface area (TPSA) is 73.3 Å². The molecule has 6 nitrogen and oxygen atoms in total. The smallest absolute Gasteiger partial charge is 0.337 e. The van der Waals surface area contributed by atoms with E-state index in [1.165, 1.54) is 0 Å². The summed E-state index contributed by atoms with van der Waals surface area (Å²) in [5, 5.41) is 0. The van der Waals surface area contributed by atoms with Crippen molar-refractivity contribution >= 4 is 23.1 Å². The maximum atomic E-state index is 12.2. The highest BCUT2D eigenvalue weighted by atomic mass is 16.5. The Balaban J connectivity index is 1.35. The second kappa shape index (κ2) is 6.92. The van der Waals surface area contributed by atoms with Crippen LogP contribution in [0, 0.1) is 0 Å². The molecule has 1 aromatic heterocycles. The Bertz CT molecular complexity index is 1050. The van der Waals surface area contributed by atoms with Crippen LogP contribution in [0.3, 0.4) is 0 Å². The lowest BCUT2D eigenvalue weighted by Crippen LogP contribution is -2.20. The number of aromatic amines is 1. The zero-order chi connectivity index (χ0) is 17.9. The molecule has 0 unspecified atom stereocenters. The number of carbonyl (C=O) groups is 1. The summed E-state index contributed by atoms with van der Waals surface area (Å²) < 4.78 is 12.6. The summed E-state index contributed by atoms with van der Waals surface area (Å²) in [6.07, 6.45) is 2.35. The number of nitrogens with zero attached hydrogens (tertiary/aromatic N) is 1. The second-order valence-corrected chi connectivity index (χ2v) is 6.08. The Hall–Kier alpha value is -3.28. The number of ether oxygens (including phenoxy) is 2. The van der Waals surface area contributed by atoms with Crippen molar-refractivity contribution in [2.45, 2.75) is 13.0 Å². The maximum Gasteiger partial charge on any atom is 0.337 e. The molecular weight excluding hydrogens is 332 g/mol. The molecule has 0 bridgehead atoms. The van der Waals surface area contributed by atoms with Crippen molar-refractivity contribution in [1.82, 2.24) is 9.55 Å². The average Bonchev–Trinajstić information content (AvgIpc) is 3.00. The van der Waals surface area contributed by atoms with E-state index in [0.29, 0.717) is 18.5 Å². The monoisotopic (exact) mass is 350 g/mol. The van der Waals surface area contributed by atoms with Crippen LogP contribution < -0.4 is 10.4 Å². The minimum Gasteiger partial charge on any atom is -0.488 e. The molecular formula is C20H18N2O4. The number of carbonyl (C=O) groups excluding carboxylic acids is 1. The molecule has 0 atom stereocenters. The van der Waals surface area contributed by atoms with Crippen LogP contribution >= 0.6 is 0 Å². The van der Waals surface area contributed by atoms with Gasteiger partial charge in [0, 0.05) is 12.1 Å². The van der Waals surface area contributed by atoms with Gasteiger partial charge >= 0.3 is 11.7 Å². The fourth-order valence-corrected chi connectivity index (χ4v) is 3.04. The van der Waals surface area contributed by atoms with Gasteiger partial charge in [0.05, 0.1) is 23.2 Å². The van der Waals surface area contributed by atoms with Crippen LogP contribution in [0.25, 0.3) is 17.1 Å². The zero-order valence-electron chi connectivity index (χ0n) is 14.1. The molecule has 3 aromatic rings. The Labute approximate surface area is 149 Å². The van der Waals surface area contributed by atoms with E-state index in [-0.39, 0.29) is 24.9 Å². The molecule has 132 valence electrons. The predicted molar refractivity (Wildman–Crippen MR) is 98.0 cm³/mol. The van der Waals surface area contributed by atoms with E-state index in [2.05, 4.69) is 4.98 Å². The summed E-state index contributed by atoms with van der Waals surface area (Å²) in [4.78, 5) is 27.0. The molecule has 0 saturated heterocycles.